The van der Waals surface area contributed by atoms with Crippen molar-refractivity contribution in [3.63, 3.8) is 0 Å². The van der Waals surface area contributed by atoms with E-state index in [-0.39, 0.29) is 23.2 Å². The molecule has 1 aromatic rings. The molecule has 2 aliphatic heterocycles. The van der Waals surface area contributed by atoms with Gasteiger partial charge >= 0.3 is 0 Å². The zero-order valence-electron chi connectivity index (χ0n) is 15.3. The van der Waals surface area contributed by atoms with Crippen LogP contribution in [-0.4, -0.2) is 75.8 Å². The Bertz CT molecular complexity index is 804. The zero-order chi connectivity index (χ0) is 19.6. The molecule has 1 amide bonds. The van der Waals surface area contributed by atoms with Gasteiger partial charge in [-0.1, -0.05) is 0 Å². The van der Waals surface area contributed by atoms with Gasteiger partial charge in [-0.05, 0) is 31.2 Å². The molecule has 0 radical (unpaired) electrons. The molecule has 0 aliphatic carbocycles. The Balaban J connectivity index is 1.46. The number of halogens is 1. The van der Waals surface area contributed by atoms with Gasteiger partial charge < -0.3 is 15.1 Å². The highest BCUT2D eigenvalue weighted by atomic mass is 35.5. The fourth-order valence-corrected chi connectivity index (χ4v) is 6.14. The molecule has 1 aromatic carbocycles. The van der Waals surface area contributed by atoms with Gasteiger partial charge in [0.25, 0.3) is 5.91 Å². The average Bonchev–Trinajstić information content (AvgIpc) is 2.87. The molecule has 3 rings (SSSR count). The Morgan fingerprint density at radius 3 is 2.33 bits per heavy atom. The molecular formula is C18H25ClN3O4S+. The van der Waals surface area contributed by atoms with E-state index < -0.39 is 21.3 Å². The number of nitrogens with one attached hydrogen (secondary N) is 2. The minimum Gasteiger partial charge on any atom is -0.360 e. The average molecular weight is 415 g/mol. The number of sulfone groups is 1. The molecule has 27 heavy (non-hydrogen) atoms. The van der Waals surface area contributed by atoms with E-state index in [0.717, 1.165) is 36.8 Å². The first kappa shape index (κ1) is 20.1. The molecule has 0 saturated carbocycles. The highest BCUT2D eigenvalue weighted by Gasteiger charge is 2.37. The topological polar surface area (TPSA) is 88.0 Å². The number of Topliss-reactive ketones (excluding diaryl/α,β-unsaturated/α-hetero) is 1. The highest BCUT2D eigenvalue weighted by molar-refractivity contribution is 7.91. The molecule has 9 heteroatoms. The van der Waals surface area contributed by atoms with Crippen molar-refractivity contribution >= 4 is 38.8 Å². The molecule has 2 saturated heterocycles. The number of anilines is 1. The van der Waals surface area contributed by atoms with Gasteiger partial charge in [-0.15, -0.1) is 11.6 Å². The number of benzene rings is 1. The van der Waals surface area contributed by atoms with Gasteiger partial charge in [-0.3, -0.25) is 9.59 Å². The van der Waals surface area contributed by atoms with E-state index in [4.69, 9.17) is 11.6 Å². The lowest BCUT2D eigenvalue weighted by Crippen LogP contribution is -3.16. The molecule has 7 nitrogen and oxygen atoms in total. The molecule has 2 atom stereocenters. The maximum Gasteiger partial charge on any atom is 0.275 e. The van der Waals surface area contributed by atoms with Crippen molar-refractivity contribution in [3.8, 4) is 0 Å². The number of quaternary nitrogens is 1. The quantitative estimate of drug-likeness (QED) is 0.482. The zero-order valence-corrected chi connectivity index (χ0v) is 16.9. The maximum atomic E-state index is 12.2. The highest BCUT2D eigenvalue weighted by Crippen LogP contribution is 2.18. The molecule has 2 fully saturated rings. The number of carbonyl (C=O) groups is 2. The Morgan fingerprint density at radius 2 is 1.81 bits per heavy atom. The van der Waals surface area contributed by atoms with E-state index in [1.54, 1.807) is 6.92 Å². The van der Waals surface area contributed by atoms with Gasteiger partial charge in [0.1, 0.15) is 0 Å². The second kappa shape index (κ2) is 8.16. The third kappa shape index (κ3) is 5.21. The Morgan fingerprint density at radius 1 is 1.19 bits per heavy atom. The summed E-state index contributed by atoms with van der Waals surface area (Å²) < 4.78 is 23.2. The van der Waals surface area contributed by atoms with Crippen LogP contribution in [-0.2, 0) is 14.6 Å². The van der Waals surface area contributed by atoms with E-state index in [1.165, 1.54) is 0 Å². The number of hydrogen-bond acceptors (Lipinski definition) is 5. The van der Waals surface area contributed by atoms with E-state index in [2.05, 4.69) is 10.2 Å². The Hall–Kier alpha value is -1.64. The summed E-state index contributed by atoms with van der Waals surface area (Å²) in [6.45, 7) is 5.13. The number of ketones is 1. The van der Waals surface area contributed by atoms with Gasteiger partial charge in [0.15, 0.2) is 22.2 Å². The molecule has 0 unspecified atom stereocenters. The monoisotopic (exact) mass is 414 g/mol. The predicted octanol–water partition coefficient (Wildman–Crippen LogP) is -0.885. The van der Waals surface area contributed by atoms with Crippen LogP contribution in [0.4, 0.5) is 5.69 Å². The van der Waals surface area contributed by atoms with E-state index in [0.29, 0.717) is 12.1 Å². The van der Waals surface area contributed by atoms with Gasteiger partial charge in [0.2, 0.25) is 0 Å². The van der Waals surface area contributed by atoms with Crippen molar-refractivity contribution in [1.82, 2.24) is 5.32 Å². The van der Waals surface area contributed by atoms with Gasteiger partial charge in [0, 0.05) is 11.3 Å². The van der Waals surface area contributed by atoms with E-state index in [9.17, 15) is 18.0 Å². The number of carbonyl (C=O) groups excluding carboxylic acids is 2. The second-order valence-electron chi connectivity index (χ2n) is 7.28. The normalized spacial score (nSPS) is 25.3. The lowest BCUT2D eigenvalue weighted by Gasteiger charge is -2.33. The number of alkyl halides is 1. The summed E-state index contributed by atoms with van der Waals surface area (Å²) in [5, 5.41) is 2.22. The van der Waals surface area contributed by atoms with Crippen molar-refractivity contribution in [3.05, 3.63) is 29.8 Å². The summed E-state index contributed by atoms with van der Waals surface area (Å²) in [5.74, 6) is -0.257. The Labute approximate surface area is 164 Å². The summed E-state index contributed by atoms with van der Waals surface area (Å²) in [6.07, 6.45) is 0. The van der Waals surface area contributed by atoms with Crippen LogP contribution < -0.4 is 15.1 Å². The number of rotatable bonds is 5. The second-order valence-corrected chi connectivity index (χ2v) is 10.00. The first-order valence-corrected chi connectivity index (χ1v) is 11.3. The lowest BCUT2D eigenvalue weighted by molar-refractivity contribution is -0.892. The van der Waals surface area contributed by atoms with Crippen molar-refractivity contribution in [2.24, 2.45) is 0 Å². The van der Waals surface area contributed by atoms with Crippen molar-refractivity contribution in [1.29, 1.82) is 0 Å². The molecule has 148 valence electrons. The van der Waals surface area contributed by atoms with Crippen LogP contribution in [0.5, 0.6) is 0 Å². The minimum absolute atomic E-state index is 0.0519. The van der Waals surface area contributed by atoms with Gasteiger partial charge in [-0.2, -0.15) is 0 Å². The van der Waals surface area contributed by atoms with Gasteiger partial charge in [0.05, 0.1) is 49.1 Å². The summed E-state index contributed by atoms with van der Waals surface area (Å²) in [4.78, 5) is 27.0. The van der Waals surface area contributed by atoms with E-state index in [1.807, 2.05) is 24.3 Å². The fourth-order valence-electron chi connectivity index (χ4n) is 3.59. The molecule has 0 bridgehead atoms. The largest absolute Gasteiger partial charge is 0.360 e. The number of piperazine rings is 1. The smallest absolute Gasteiger partial charge is 0.275 e. The van der Waals surface area contributed by atoms with Crippen LogP contribution in [0.1, 0.15) is 17.3 Å². The van der Waals surface area contributed by atoms with Crippen LogP contribution in [0.25, 0.3) is 0 Å². The molecular weight excluding hydrogens is 390 g/mol. The van der Waals surface area contributed by atoms with Crippen LogP contribution >= 0.6 is 11.6 Å². The minimum atomic E-state index is -3.15. The predicted molar refractivity (Wildman–Crippen MR) is 104 cm³/mol. The van der Waals surface area contributed by atoms with Crippen molar-refractivity contribution < 1.29 is 22.9 Å². The third-order valence-electron chi connectivity index (χ3n) is 5.15. The summed E-state index contributed by atoms with van der Waals surface area (Å²) in [7, 11) is -3.15. The van der Waals surface area contributed by atoms with Crippen molar-refractivity contribution in [2.75, 3.05) is 49.1 Å². The summed E-state index contributed by atoms with van der Waals surface area (Å²) >= 11 is 6.04. The first-order chi connectivity index (χ1) is 12.7. The van der Waals surface area contributed by atoms with Crippen LogP contribution in [0.3, 0.4) is 0 Å². The lowest BCUT2D eigenvalue weighted by atomic mass is 10.1. The van der Waals surface area contributed by atoms with E-state index >= 15 is 0 Å². The molecule has 0 spiro atoms. The Kier molecular flexibility index (Phi) is 6.08. The first-order valence-electron chi connectivity index (χ1n) is 9.07. The van der Waals surface area contributed by atoms with Gasteiger partial charge in [-0.25, -0.2) is 8.42 Å². The molecule has 2 heterocycles. The van der Waals surface area contributed by atoms with Crippen LogP contribution in [0.2, 0.25) is 0 Å². The molecule has 2 aliphatic rings. The summed E-state index contributed by atoms with van der Waals surface area (Å²) in [6, 6.07) is 7.08. The number of nitrogens with zero attached hydrogens (tertiary/aromatic N) is 1. The van der Waals surface area contributed by atoms with Crippen molar-refractivity contribution in [2.45, 2.75) is 18.3 Å². The number of amides is 1. The van der Waals surface area contributed by atoms with Crippen LogP contribution in [0.15, 0.2) is 24.3 Å². The molecule has 0 aromatic heterocycles. The number of hydrogen-bond donors (Lipinski definition) is 2. The fraction of sp³-hybridized carbons (Fsp3) is 0.556. The third-order valence-corrected chi connectivity index (χ3v) is 7.53. The maximum absolute atomic E-state index is 12.2. The molecule has 2 N–H and O–H groups in total. The van der Waals surface area contributed by atoms with Crippen LogP contribution in [0, 0.1) is 0 Å². The standard InChI is InChI=1S/C18H24ClN3O4S/c1-13(23)14-2-4-15(5-3-14)22-8-6-21(7-9-22)10-18(24)20-17-12-27(25,26)11-16(17)19/h2-5,16-17H,6-12H2,1H3,(H,20,24)/p+1/t16-,17-/m1/s1. The SMILES string of the molecule is CC(=O)c1ccc(N2CC[NH+](CC(=O)N[C@@H]3CS(=O)(=O)C[C@H]3Cl)CC2)cc1. The summed E-state index contributed by atoms with van der Waals surface area (Å²) in [5.41, 5.74) is 1.77.